The molecule has 2 aromatic heterocycles. The predicted octanol–water partition coefficient (Wildman–Crippen LogP) is 2.67. The van der Waals surface area contributed by atoms with Crippen LogP contribution in [0, 0.1) is 11.2 Å². The number of benzene rings is 1. The quantitative estimate of drug-likeness (QED) is 0.784. The van der Waals surface area contributed by atoms with Gasteiger partial charge in [0, 0.05) is 23.6 Å². The molecule has 1 saturated carbocycles. The van der Waals surface area contributed by atoms with Crippen LogP contribution in [0.15, 0.2) is 36.4 Å². The zero-order valence-electron chi connectivity index (χ0n) is 14.3. The first kappa shape index (κ1) is 15.7. The third-order valence-electron chi connectivity index (χ3n) is 6.05. The number of rotatable bonds is 3. The van der Waals surface area contributed by atoms with Crippen molar-refractivity contribution in [3.05, 3.63) is 42.2 Å². The van der Waals surface area contributed by atoms with E-state index in [9.17, 15) is 9.50 Å². The van der Waals surface area contributed by atoms with Crippen LogP contribution in [0.2, 0.25) is 0 Å². The van der Waals surface area contributed by atoms with Gasteiger partial charge in [0.25, 0.3) is 0 Å². The number of aromatic nitrogens is 4. The number of hydrogen-bond acceptors (Lipinski definition) is 5. The Hall–Kier alpha value is -2.54. The molecule has 0 radical (unpaired) electrons. The molecule has 2 atom stereocenters. The lowest BCUT2D eigenvalue weighted by Gasteiger charge is -2.31. The fraction of sp³-hybridized carbons (Fsp3) is 0.421. The zero-order valence-corrected chi connectivity index (χ0v) is 14.3. The SMILES string of the molecule is OC[C@]12CCC[C@H]1N(c1ccc3nnc(-c4ccc(F)cc4)n3n1)CC2. The summed E-state index contributed by atoms with van der Waals surface area (Å²) in [6, 6.07) is 10.4. The van der Waals surface area contributed by atoms with Crippen LogP contribution in [0.5, 0.6) is 0 Å². The van der Waals surface area contributed by atoms with Gasteiger partial charge in [0.2, 0.25) is 0 Å². The maximum Gasteiger partial charge on any atom is 0.185 e. The number of hydrogen-bond donors (Lipinski definition) is 1. The van der Waals surface area contributed by atoms with E-state index in [1.54, 1.807) is 16.6 Å². The van der Waals surface area contributed by atoms with Gasteiger partial charge < -0.3 is 10.0 Å². The van der Waals surface area contributed by atoms with Crippen LogP contribution in [0.25, 0.3) is 17.0 Å². The van der Waals surface area contributed by atoms with Crippen molar-refractivity contribution >= 4 is 11.5 Å². The molecule has 5 rings (SSSR count). The van der Waals surface area contributed by atoms with Gasteiger partial charge >= 0.3 is 0 Å². The van der Waals surface area contributed by atoms with Gasteiger partial charge in [0.15, 0.2) is 11.5 Å². The summed E-state index contributed by atoms with van der Waals surface area (Å²) in [6.07, 6.45) is 4.33. The van der Waals surface area contributed by atoms with Crippen LogP contribution >= 0.6 is 0 Å². The molecule has 0 bridgehead atoms. The second kappa shape index (κ2) is 5.74. The number of aliphatic hydroxyl groups excluding tert-OH is 1. The van der Waals surface area contributed by atoms with E-state index < -0.39 is 0 Å². The molecule has 3 heterocycles. The maximum atomic E-state index is 13.2. The first-order valence-electron chi connectivity index (χ1n) is 9.06. The molecule has 2 fully saturated rings. The van der Waals surface area contributed by atoms with Gasteiger partial charge in [-0.1, -0.05) is 6.42 Å². The Morgan fingerprint density at radius 3 is 2.77 bits per heavy atom. The lowest BCUT2D eigenvalue weighted by molar-refractivity contribution is 0.131. The Bertz CT molecular complexity index is 956. The highest BCUT2D eigenvalue weighted by atomic mass is 19.1. The van der Waals surface area contributed by atoms with E-state index in [4.69, 9.17) is 5.10 Å². The van der Waals surface area contributed by atoms with Crippen LogP contribution in [-0.4, -0.2) is 44.1 Å². The zero-order chi connectivity index (χ0) is 17.7. The average Bonchev–Trinajstić information content (AvgIpc) is 3.35. The summed E-state index contributed by atoms with van der Waals surface area (Å²) in [5.74, 6) is 1.19. The summed E-state index contributed by atoms with van der Waals surface area (Å²) in [5.41, 5.74) is 1.45. The Balaban J connectivity index is 1.56. The molecular formula is C19H20FN5O. The highest BCUT2D eigenvalue weighted by molar-refractivity contribution is 5.60. The lowest BCUT2D eigenvalue weighted by Crippen LogP contribution is -2.38. The molecule has 0 spiro atoms. The fourth-order valence-corrected chi connectivity index (χ4v) is 4.65. The summed E-state index contributed by atoms with van der Waals surface area (Å²) in [6.45, 7) is 1.14. The molecule has 0 amide bonds. The van der Waals surface area contributed by atoms with Gasteiger partial charge in [0.1, 0.15) is 11.6 Å². The molecule has 3 aromatic rings. The van der Waals surface area contributed by atoms with Crippen LogP contribution in [0.1, 0.15) is 25.7 Å². The van der Waals surface area contributed by atoms with E-state index in [0.29, 0.717) is 17.5 Å². The second-order valence-corrected chi connectivity index (χ2v) is 7.36. The first-order valence-corrected chi connectivity index (χ1v) is 9.06. The summed E-state index contributed by atoms with van der Waals surface area (Å²) in [7, 11) is 0. The van der Waals surface area contributed by atoms with Crippen molar-refractivity contribution in [2.75, 3.05) is 18.1 Å². The molecule has 134 valence electrons. The van der Waals surface area contributed by atoms with Crippen LogP contribution in [-0.2, 0) is 0 Å². The molecule has 1 aliphatic heterocycles. The maximum absolute atomic E-state index is 13.2. The topological polar surface area (TPSA) is 66.5 Å². The number of halogens is 1. The van der Waals surface area contributed by atoms with Gasteiger partial charge in [-0.25, -0.2) is 4.39 Å². The number of fused-ring (bicyclic) bond motifs is 2. The van der Waals surface area contributed by atoms with Gasteiger partial charge in [0.05, 0.1) is 6.61 Å². The van der Waals surface area contributed by atoms with Crippen molar-refractivity contribution < 1.29 is 9.50 Å². The Kier molecular flexibility index (Phi) is 3.46. The summed E-state index contributed by atoms with van der Waals surface area (Å²) >= 11 is 0. The third-order valence-corrected chi connectivity index (χ3v) is 6.05. The molecule has 26 heavy (non-hydrogen) atoms. The minimum atomic E-state index is -0.283. The van der Waals surface area contributed by atoms with E-state index in [0.717, 1.165) is 43.6 Å². The highest BCUT2D eigenvalue weighted by Gasteiger charge is 2.50. The van der Waals surface area contributed by atoms with Gasteiger partial charge in [-0.2, -0.15) is 4.52 Å². The Morgan fingerprint density at radius 1 is 1.12 bits per heavy atom. The molecule has 2 aliphatic rings. The molecular weight excluding hydrogens is 333 g/mol. The largest absolute Gasteiger partial charge is 0.396 e. The van der Waals surface area contributed by atoms with Crippen molar-refractivity contribution in [3.8, 4) is 11.4 Å². The van der Waals surface area contributed by atoms with E-state index in [2.05, 4.69) is 15.1 Å². The molecule has 6 nitrogen and oxygen atoms in total. The molecule has 0 unspecified atom stereocenters. The van der Waals surface area contributed by atoms with Crippen molar-refractivity contribution in [3.63, 3.8) is 0 Å². The summed E-state index contributed by atoms with van der Waals surface area (Å²) < 4.78 is 14.9. The second-order valence-electron chi connectivity index (χ2n) is 7.36. The normalized spacial score (nSPS) is 25.2. The fourth-order valence-electron chi connectivity index (χ4n) is 4.65. The van der Waals surface area contributed by atoms with Crippen molar-refractivity contribution in [2.45, 2.75) is 31.7 Å². The van der Waals surface area contributed by atoms with E-state index >= 15 is 0 Å². The number of aliphatic hydroxyl groups is 1. The van der Waals surface area contributed by atoms with Crippen molar-refractivity contribution in [2.24, 2.45) is 5.41 Å². The highest BCUT2D eigenvalue weighted by Crippen LogP contribution is 2.49. The van der Waals surface area contributed by atoms with E-state index in [-0.39, 0.29) is 17.8 Å². The lowest BCUT2D eigenvalue weighted by atomic mass is 9.83. The van der Waals surface area contributed by atoms with Crippen LogP contribution in [0.4, 0.5) is 10.2 Å². The van der Waals surface area contributed by atoms with E-state index in [1.807, 2.05) is 12.1 Å². The number of anilines is 1. The predicted molar refractivity (Wildman–Crippen MR) is 95.3 cm³/mol. The number of nitrogens with zero attached hydrogens (tertiary/aromatic N) is 5. The molecule has 7 heteroatoms. The third kappa shape index (κ3) is 2.23. The van der Waals surface area contributed by atoms with Crippen LogP contribution in [0.3, 0.4) is 0 Å². The molecule has 1 aliphatic carbocycles. The van der Waals surface area contributed by atoms with Crippen molar-refractivity contribution in [1.82, 2.24) is 19.8 Å². The molecule has 1 saturated heterocycles. The first-order chi connectivity index (χ1) is 12.7. The molecule has 1 aromatic carbocycles. The summed E-state index contributed by atoms with van der Waals surface area (Å²) in [4.78, 5) is 2.32. The monoisotopic (exact) mass is 353 g/mol. The van der Waals surface area contributed by atoms with Gasteiger partial charge in [-0.3, -0.25) is 0 Å². The van der Waals surface area contributed by atoms with Crippen LogP contribution < -0.4 is 4.90 Å². The molecule has 1 N–H and O–H groups in total. The van der Waals surface area contributed by atoms with E-state index in [1.165, 1.54) is 12.1 Å². The average molecular weight is 353 g/mol. The van der Waals surface area contributed by atoms with Gasteiger partial charge in [-0.15, -0.1) is 15.3 Å². The van der Waals surface area contributed by atoms with Gasteiger partial charge in [-0.05, 0) is 55.7 Å². The van der Waals surface area contributed by atoms with Crippen molar-refractivity contribution in [1.29, 1.82) is 0 Å². The summed E-state index contributed by atoms with van der Waals surface area (Å²) in [5, 5.41) is 23.1. The minimum absolute atomic E-state index is 0.0175. The Labute approximate surface area is 150 Å². The standard InChI is InChI=1S/C19H20FN5O/c20-14-5-3-13(4-6-14)18-22-21-16-7-8-17(23-25(16)18)24-11-10-19(12-26)9-1-2-15(19)24/h3-8,15,26H,1-2,9-12H2/t15-,19-/m1/s1. The Morgan fingerprint density at radius 2 is 1.96 bits per heavy atom. The minimum Gasteiger partial charge on any atom is -0.396 e. The smallest absolute Gasteiger partial charge is 0.185 e.